The predicted octanol–water partition coefficient (Wildman–Crippen LogP) is 1.94. The summed E-state index contributed by atoms with van der Waals surface area (Å²) in [4.78, 5) is 0. The lowest BCUT2D eigenvalue weighted by atomic mass is 9.99. The van der Waals surface area contributed by atoms with E-state index in [1.807, 2.05) is 37.3 Å². The van der Waals surface area contributed by atoms with Gasteiger partial charge in [-0.2, -0.15) is 8.42 Å². The third-order valence-electron chi connectivity index (χ3n) is 2.17. The Balaban J connectivity index is 2.84. The lowest BCUT2D eigenvalue weighted by Gasteiger charge is -2.12. The van der Waals surface area contributed by atoms with Gasteiger partial charge in [-0.05, 0) is 17.9 Å². The Morgan fingerprint density at radius 3 is 2.21 bits per heavy atom. The van der Waals surface area contributed by atoms with Crippen molar-refractivity contribution in [3.63, 3.8) is 0 Å². The first kappa shape index (κ1) is 11.2. The summed E-state index contributed by atoms with van der Waals surface area (Å²) in [5.41, 5.74) is 0.912. The van der Waals surface area contributed by atoms with Crippen LogP contribution in [0.4, 0.5) is 0 Å². The second-order valence-electron chi connectivity index (χ2n) is 3.24. The largest absolute Gasteiger partial charge is 0.295 e. The summed E-state index contributed by atoms with van der Waals surface area (Å²) in [5, 5.41) is 0. The van der Waals surface area contributed by atoms with Gasteiger partial charge in [0.25, 0.3) is 10.1 Å². The Labute approximate surface area is 84.5 Å². The lowest BCUT2D eigenvalue weighted by Crippen LogP contribution is -2.12. The maximum Gasteiger partial charge on any atom is 0.295 e. The molecule has 4 heteroatoms. The first-order valence-corrected chi connectivity index (χ1v) is 6.09. The monoisotopic (exact) mass is 213 g/mol. The van der Waals surface area contributed by atoms with Crippen LogP contribution in [-0.4, -0.2) is 14.2 Å². The molecule has 0 aliphatic rings. The molecule has 0 aliphatic heterocycles. The molecule has 0 aliphatic carbocycles. The van der Waals surface area contributed by atoms with Crippen LogP contribution in [0.5, 0.6) is 0 Å². The molecule has 1 atom stereocenters. The molecule has 0 amide bonds. The Bertz CT molecular complexity index is 370. The molecule has 77 valence electrons. The summed E-state index contributed by atoms with van der Waals surface area (Å²) in [6.07, 6.45) is 0.658. The van der Waals surface area contributed by atoms with Gasteiger partial charge >= 0.3 is 0 Å². The minimum atomic E-state index is -4.13. The third kappa shape index (κ3) is 3.47. The van der Waals surface area contributed by atoms with E-state index in [2.05, 4.69) is 0 Å². The Morgan fingerprint density at radius 2 is 1.79 bits per heavy atom. The van der Waals surface area contributed by atoms with E-state index < -0.39 is 10.1 Å². The molecular formula is C10H13O3S. The molecular weight excluding hydrogens is 200 g/mol. The number of hydrogen-bond acceptors (Lipinski definition) is 2. The summed E-state index contributed by atoms with van der Waals surface area (Å²) < 4.78 is 31.9. The number of benzene rings is 1. The second kappa shape index (κ2) is 4.57. The van der Waals surface area contributed by atoms with Gasteiger partial charge in [0.05, 0.1) is 5.75 Å². The fourth-order valence-electron chi connectivity index (χ4n) is 1.42. The van der Waals surface area contributed by atoms with Crippen LogP contribution < -0.4 is 0 Å². The SMILES string of the molecule is CCC(CS([O])(=O)=O)c1ccccc1. The zero-order chi connectivity index (χ0) is 10.6. The molecule has 1 aromatic rings. The molecule has 0 heterocycles. The Morgan fingerprint density at radius 1 is 1.21 bits per heavy atom. The van der Waals surface area contributed by atoms with Crippen LogP contribution in [0.2, 0.25) is 0 Å². The van der Waals surface area contributed by atoms with Crippen molar-refractivity contribution in [2.24, 2.45) is 0 Å². The van der Waals surface area contributed by atoms with Crippen LogP contribution in [-0.2, 0) is 14.7 Å². The van der Waals surface area contributed by atoms with Gasteiger partial charge in [-0.3, -0.25) is 0 Å². The molecule has 14 heavy (non-hydrogen) atoms. The quantitative estimate of drug-likeness (QED) is 0.767. The van der Waals surface area contributed by atoms with Crippen molar-refractivity contribution in [2.45, 2.75) is 19.3 Å². The topological polar surface area (TPSA) is 54.0 Å². The van der Waals surface area contributed by atoms with Crippen molar-refractivity contribution in [1.29, 1.82) is 0 Å². The van der Waals surface area contributed by atoms with E-state index in [-0.39, 0.29) is 11.7 Å². The average Bonchev–Trinajstić information content (AvgIpc) is 2.14. The van der Waals surface area contributed by atoms with Crippen LogP contribution in [0.15, 0.2) is 30.3 Å². The molecule has 1 radical (unpaired) electrons. The molecule has 0 spiro atoms. The molecule has 0 fully saturated rings. The normalized spacial score (nSPS) is 13.9. The van der Waals surface area contributed by atoms with Crippen LogP contribution in [0.25, 0.3) is 0 Å². The summed E-state index contributed by atoms with van der Waals surface area (Å²) in [6.45, 7) is 1.88. The van der Waals surface area contributed by atoms with Crippen molar-refractivity contribution >= 4 is 10.1 Å². The molecule has 0 aromatic heterocycles. The van der Waals surface area contributed by atoms with Gasteiger partial charge < -0.3 is 0 Å². The standard InChI is InChI=1S/C10H13O3S/c1-2-9(8-14(11,12)13)10-6-4-3-5-7-10/h3-7,9H,2,8H2,1H3. The van der Waals surface area contributed by atoms with E-state index in [9.17, 15) is 13.0 Å². The molecule has 1 unspecified atom stereocenters. The smallest absolute Gasteiger partial charge is 0.197 e. The van der Waals surface area contributed by atoms with Gasteiger partial charge in [-0.25, -0.2) is 0 Å². The molecule has 3 nitrogen and oxygen atoms in total. The highest BCUT2D eigenvalue weighted by Gasteiger charge is 2.17. The van der Waals surface area contributed by atoms with Crippen molar-refractivity contribution in [3.8, 4) is 0 Å². The molecule has 1 rings (SSSR count). The van der Waals surface area contributed by atoms with Gasteiger partial charge in [0, 0.05) is 0 Å². The van der Waals surface area contributed by atoms with Gasteiger partial charge in [0.2, 0.25) is 0 Å². The van der Waals surface area contributed by atoms with Crippen molar-refractivity contribution in [2.75, 3.05) is 5.75 Å². The maximum absolute atomic E-state index is 10.6. The lowest BCUT2D eigenvalue weighted by molar-refractivity contribution is 0.409. The van der Waals surface area contributed by atoms with E-state index in [1.165, 1.54) is 0 Å². The second-order valence-corrected chi connectivity index (χ2v) is 4.69. The van der Waals surface area contributed by atoms with E-state index in [0.717, 1.165) is 5.56 Å². The molecule has 0 saturated carbocycles. The molecule has 0 saturated heterocycles. The summed E-state index contributed by atoms with van der Waals surface area (Å²) >= 11 is 0. The van der Waals surface area contributed by atoms with Gasteiger partial charge in [-0.15, -0.1) is 0 Å². The minimum absolute atomic E-state index is 0.182. The minimum Gasteiger partial charge on any atom is -0.197 e. The van der Waals surface area contributed by atoms with E-state index in [1.54, 1.807) is 0 Å². The summed E-state index contributed by atoms with van der Waals surface area (Å²) in [6, 6.07) is 9.24. The highest BCUT2D eigenvalue weighted by atomic mass is 32.2. The molecule has 0 bridgehead atoms. The summed E-state index contributed by atoms with van der Waals surface area (Å²) in [5.74, 6) is -0.494. The van der Waals surface area contributed by atoms with Gasteiger partial charge in [-0.1, -0.05) is 41.8 Å². The van der Waals surface area contributed by atoms with Crippen LogP contribution in [0.1, 0.15) is 24.8 Å². The van der Waals surface area contributed by atoms with Gasteiger partial charge in [0.15, 0.2) is 0 Å². The van der Waals surface area contributed by atoms with Crippen LogP contribution in [0, 0.1) is 0 Å². The molecule has 1 aromatic carbocycles. The first-order chi connectivity index (χ1) is 6.53. The maximum atomic E-state index is 10.6. The third-order valence-corrected chi connectivity index (χ3v) is 2.98. The van der Waals surface area contributed by atoms with Crippen LogP contribution in [0.3, 0.4) is 0 Å². The van der Waals surface area contributed by atoms with Crippen molar-refractivity contribution in [3.05, 3.63) is 35.9 Å². The van der Waals surface area contributed by atoms with Crippen molar-refractivity contribution in [1.82, 2.24) is 0 Å². The summed E-state index contributed by atoms with van der Waals surface area (Å²) in [7, 11) is -4.13. The van der Waals surface area contributed by atoms with E-state index in [0.29, 0.717) is 6.42 Å². The Kier molecular flexibility index (Phi) is 3.66. The fourth-order valence-corrected chi connectivity index (χ4v) is 2.34. The predicted molar refractivity (Wildman–Crippen MR) is 53.9 cm³/mol. The zero-order valence-corrected chi connectivity index (χ0v) is 8.83. The first-order valence-electron chi connectivity index (χ1n) is 4.51. The molecule has 0 N–H and O–H groups in total. The zero-order valence-electron chi connectivity index (χ0n) is 8.01. The highest BCUT2D eigenvalue weighted by Crippen LogP contribution is 2.20. The van der Waals surface area contributed by atoms with Gasteiger partial charge in [0.1, 0.15) is 0 Å². The van der Waals surface area contributed by atoms with E-state index >= 15 is 0 Å². The van der Waals surface area contributed by atoms with E-state index in [4.69, 9.17) is 0 Å². The number of rotatable bonds is 4. The highest BCUT2D eigenvalue weighted by molar-refractivity contribution is 7.85. The number of hydrogen-bond donors (Lipinski definition) is 0. The van der Waals surface area contributed by atoms with Crippen molar-refractivity contribution < 1.29 is 13.0 Å². The Hall–Kier alpha value is -0.870. The van der Waals surface area contributed by atoms with Crippen LogP contribution >= 0.6 is 0 Å². The average molecular weight is 213 g/mol. The fraction of sp³-hybridized carbons (Fsp3) is 0.400.